The second kappa shape index (κ2) is 10.0. The highest BCUT2D eigenvalue weighted by atomic mass is 32.2. The van der Waals surface area contributed by atoms with Crippen LogP contribution in [0.3, 0.4) is 0 Å². The van der Waals surface area contributed by atoms with Crippen molar-refractivity contribution < 1.29 is 14.3 Å². The van der Waals surface area contributed by atoms with E-state index in [1.54, 1.807) is 31.4 Å². The summed E-state index contributed by atoms with van der Waals surface area (Å²) in [6.07, 6.45) is 1.04. The molecule has 0 aliphatic carbocycles. The van der Waals surface area contributed by atoms with Crippen molar-refractivity contribution >= 4 is 39.9 Å². The van der Waals surface area contributed by atoms with Gasteiger partial charge in [-0.05, 0) is 24.1 Å². The quantitative estimate of drug-likeness (QED) is 0.323. The normalized spacial score (nSPS) is 10.5. The molecule has 0 unspecified atom stereocenters. The van der Waals surface area contributed by atoms with Gasteiger partial charge in [0.25, 0.3) is 0 Å². The fourth-order valence-electron chi connectivity index (χ4n) is 2.41. The van der Waals surface area contributed by atoms with Crippen LogP contribution in [-0.4, -0.2) is 34.8 Å². The summed E-state index contributed by atoms with van der Waals surface area (Å²) in [4.78, 5) is 24.4. The van der Waals surface area contributed by atoms with Gasteiger partial charge in [0.15, 0.2) is 10.1 Å². The molecule has 1 heterocycles. The average Bonchev–Trinajstić information content (AvgIpc) is 3.18. The standard InChI is InChI=1S/C20H19N3O3S2/c1-26-16-9-5-8-15(12-16)17(24)13-27-20-23-22-19(28-20)21-18(25)11-10-14-6-3-2-4-7-14/h2-9,12H,10-11,13H2,1H3,(H,21,22,25). The van der Waals surface area contributed by atoms with Crippen LogP contribution in [0, 0.1) is 0 Å². The number of Topliss-reactive ketones (excluding diaryl/α,β-unsaturated/α-hetero) is 1. The lowest BCUT2D eigenvalue weighted by Crippen LogP contribution is -2.12. The minimum absolute atomic E-state index is 0.0208. The number of nitrogens with one attached hydrogen (secondary N) is 1. The van der Waals surface area contributed by atoms with E-state index < -0.39 is 0 Å². The largest absolute Gasteiger partial charge is 0.497 e. The van der Waals surface area contributed by atoms with Crippen LogP contribution < -0.4 is 10.1 Å². The fraction of sp³-hybridized carbons (Fsp3) is 0.200. The van der Waals surface area contributed by atoms with Crippen molar-refractivity contribution in [3.05, 3.63) is 65.7 Å². The monoisotopic (exact) mass is 413 g/mol. The van der Waals surface area contributed by atoms with Crippen molar-refractivity contribution in [2.75, 3.05) is 18.2 Å². The van der Waals surface area contributed by atoms with Crippen molar-refractivity contribution in [2.24, 2.45) is 0 Å². The first kappa shape index (κ1) is 20.0. The number of benzene rings is 2. The predicted octanol–water partition coefficient (Wildman–Crippen LogP) is 4.09. The minimum Gasteiger partial charge on any atom is -0.497 e. The second-order valence-electron chi connectivity index (χ2n) is 5.85. The second-order valence-corrected chi connectivity index (χ2v) is 8.05. The SMILES string of the molecule is COc1cccc(C(=O)CSc2nnc(NC(=O)CCc3ccccc3)s2)c1. The van der Waals surface area contributed by atoms with Crippen LogP contribution in [0.4, 0.5) is 5.13 Å². The molecule has 8 heteroatoms. The molecule has 0 aliphatic rings. The first-order valence-corrected chi connectivity index (χ1v) is 10.4. The van der Waals surface area contributed by atoms with Crippen molar-refractivity contribution in [2.45, 2.75) is 17.2 Å². The number of ketones is 1. The molecule has 0 saturated heterocycles. The van der Waals surface area contributed by atoms with Crippen LogP contribution in [0.1, 0.15) is 22.3 Å². The Kier molecular flexibility index (Phi) is 7.16. The highest BCUT2D eigenvalue weighted by Gasteiger charge is 2.12. The molecule has 28 heavy (non-hydrogen) atoms. The number of anilines is 1. The van der Waals surface area contributed by atoms with Gasteiger partial charge in [0.1, 0.15) is 5.75 Å². The van der Waals surface area contributed by atoms with Gasteiger partial charge in [0.05, 0.1) is 12.9 Å². The summed E-state index contributed by atoms with van der Waals surface area (Å²) in [5.74, 6) is 0.757. The molecule has 6 nitrogen and oxygen atoms in total. The third kappa shape index (κ3) is 5.90. The van der Waals surface area contributed by atoms with Crippen LogP contribution in [0.2, 0.25) is 0 Å². The molecule has 0 atom stereocenters. The van der Waals surface area contributed by atoms with Crippen LogP contribution in [0.15, 0.2) is 58.9 Å². The molecule has 3 rings (SSSR count). The zero-order valence-electron chi connectivity index (χ0n) is 15.3. The Labute approximate surface area is 171 Å². The van der Waals surface area contributed by atoms with Gasteiger partial charge in [-0.3, -0.25) is 9.59 Å². The smallest absolute Gasteiger partial charge is 0.226 e. The van der Waals surface area contributed by atoms with Crippen molar-refractivity contribution in [3.63, 3.8) is 0 Å². The maximum Gasteiger partial charge on any atom is 0.226 e. The molecule has 0 fully saturated rings. The molecule has 0 spiro atoms. The lowest BCUT2D eigenvalue weighted by molar-refractivity contribution is -0.116. The van der Waals surface area contributed by atoms with Gasteiger partial charge in [0.2, 0.25) is 11.0 Å². The first-order chi connectivity index (χ1) is 13.6. The Morgan fingerprint density at radius 1 is 1.11 bits per heavy atom. The number of ether oxygens (including phenoxy) is 1. The van der Waals surface area contributed by atoms with E-state index in [2.05, 4.69) is 15.5 Å². The highest BCUT2D eigenvalue weighted by molar-refractivity contribution is 8.01. The van der Waals surface area contributed by atoms with Crippen LogP contribution in [0.5, 0.6) is 5.75 Å². The van der Waals surface area contributed by atoms with Crippen molar-refractivity contribution in [1.82, 2.24) is 10.2 Å². The molecule has 1 amide bonds. The Morgan fingerprint density at radius 3 is 2.71 bits per heavy atom. The van der Waals surface area contributed by atoms with Crippen LogP contribution in [0.25, 0.3) is 0 Å². The van der Waals surface area contributed by atoms with E-state index in [-0.39, 0.29) is 17.4 Å². The Morgan fingerprint density at radius 2 is 1.93 bits per heavy atom. The number of thioether (sulfide) groups is 1. The third-order valence-corrected chi connectivity index (χ3v) is 5.83. The van der Waals surface area contributed by atoms with Crippen molar-refractivity contribution in [3.8, 4) is 5.75 Å². The van der Waals surface area contributed by atoms with E-state index in [9.17, 15) is 9.59 Å². The maximum absolute atomic E-state index is 12.3. The van der Waals surface area contributed by atoms with Gasteiger partial charge in [-0.1, -0.05) is 65.6 Å². The summed E-state index contributed by atoms with van der Waals surface area (Å²) in [7, 11) is 1.56. The highest BCUT2D eigenvalue weighted by Crippen LogP contribution is 2.26. The zero-order chi connectivity index (χ0) is 19.8. The molecule has 0 radical (unpaired) electrons. The first-order valence-electron chi connectivity index (χ1n) is 8.61. The summed E-state index contributed by atoms with van der Waals surface area (Å²) in [5.41, 5.74) is 1.70. The summed E-state index contributed by atoms with van der Waals surface area (Å²) < 4.78 is 5.77. The number of amides is 1. The molecular weight excluding hydrogens is 394 g/mol. The van der Waals surface area contributed by atoms with E-state index in [4.69, 9.17) is 4.74 Å². The van der Waals surface area contributed by atoms with E-state index >= 15 is 0 Å². The number of hydrogen-bond donors (Lipinski definition) is 1. The third-order valence-electron chi connectivity index (χ3n) is 3.85. The lowest BCUT2D eigenvalue weighted by atomic mass is 10.1. The molecule has 0 saturated carbocycles. The molecule has 0 aliphatic heterocycles. The molecule has 144 valence electrons. The van der Waals surface area contributed by atoms with E-state index in [1.807, 2.05) is 30.3 Å². The summed E-state index contributed by atoms with van der Waals surface area (Å²) >= 11 is 2.56. The van der Waals surface area contributed by atoms with Gasteiger partial charge in [-0.25, -0.2) is 0 Å². The number of hydrogen-bond acceptors (Lipinski definition) is 7. The van der Waals surface area contributed by atoms with Crippen molar-refractivity contribution in [1.29, 1.82) is 0 Å². The van der Waals surface area contributed by atoms with Crippen LogP contribution in [-0.2, 0) is 11.2 Å². The zero-order valence-corrected chi connectivity index (χ0v) is 16.9. The number of aromatic nitrogens is 2. The number of nitrogens with zero attached hydrogens (tertiary/aromatic N) is 2. The Bertz CT molecular complexity index is 945. The lowest BCUT2D eigenvalue weighted by Gasteiger charge is -2.02. The van der Waals surface area contributed by atoms with E-state index in [1.165, 1.54) is 23.1 Å². The maximum atomic E-state index is 12.3. The molecule has 1 aromatic heterocycles. The average molecular weight is 414 g/mol. The summed E-state index contributed by atoms with van der Waals surface area (Å²) in [6, 6.07) is 16.9. The predicted molar refractivity (Wildman–Crippen MR) is 111 cm³/mol. The number of aryl methyl sites for hydroxylation is 1. The van der Waals surface area contributed by atoms with Crippen LogP contribution >= 0.6 is 23.1 Å². The summed E-state index contributed by atoms with van der Waals surface area (Å²) in [6.45, 7) is 0. The minimum atomic E-state index is -0.107. The molecule has 3 aromatic rings. The van der Waals surface area contributed by atoms with E-state index in [0.29, 0.717) is 33.6 Å². The van der Waals surface area contributed by atoms with Gasteiger partial charge in [-0.15, -0.1) is 10.2 Å². The summed E-state index contributed by atoms with van der Waals surface area (Å²) in [5, 5.41) is 11.2. The Balaban J connectivity index is 1.47. The number of rotatable bonds is 9. The molecule has 0 bridgehead atoms. The number of methoxy groups -OCH3 is 1. The number of carbonyl (C=O) groups excluding carboxylic acids is 2. The van der Waals surface area contributed by atoms with Gasteiger partial charge < -0.3 is 10.1 Å². The molecule has 2 aromatic carbocycles. The Hall–Kier alpha value is -2.71. The topological polar surface area (TPSA) is 81.2 Å². The molecule has 1 N–H and O–H groups in total. The fourth-order valence-corrected chi connectivity index (χ4v) is 4.07. The number of carbonyl (C=O) groups is 2. The van der Waals surface area contributed by atoms with Gasteiger partial charge >= 0.3 is 0 Å². The van der Waals surface area contributed by atoms with E-state index in [0.717, 1.165) is 5.56 Å². The molecular formula is C20H19N3O3S2. The van der Waals surface area contributed by atoms with Gasteiger partial charge in [-0.2, -0.15) is 0 Å². The van der Waals surface area contributed by atoms with Gasteiger partial charge in [0, 0.05) is 12.0 Å².